The molecule has 0 heterocycles. The molecule has 4 nitrogen and oxygen atoms in total. The third-order valence-electron chi connectivity index (χ3n) is 2.35. The number of benzene rings is 1. The van der Waals surface area contributed by atoms with Gasteiger partial charge in [-0.1, -0.05) is 29.8 Å². The predicted molar refractivity (Wildman–Crippen MR) is 60.2 cm³/mol. The zero-order chi connectivity index (χ0) is 12.1. The van der Waals surface area contributed by atoms with Gasteiger partial charge in [0.1, 0.15) is 6.54 Å². The number of hydrogen-bond acceptors (Lipinski definition) is 2. The van der Waals surface area contributed by atoms with Gasteiger partial charge in [-0.2, -0.15) is 0 Å². The number of amides is 1. The first-order valence-corrected chi connectivity index (χ1v) is 5.07. The summed E-state index contributed by atoms with van der Waals surface area (Å²) in [4.78, 5) is 21.9. The lowest BCUT2D eigenvalue weighted by atomic mass is 9.99. The van der Waals surface area contributed by atoms with Crippen molar-refractivity contribution in [2.24, 2.45) is 0 Å². The summed E-state index contributed by atoms with van der Waals surface area (Å²) in [6.45, 7) is 3.37. The van der Waals surface area contributed by atoms with Crippen LogP contribution in [0.2, 0.25) is 0 Å². The van der Waals surface area contributed by atoms with Crippen LogP contribution in [0.15, 0.2) is 24.3 Å². The molecule has 1 unspecified atom stereocenters. The number of aryl methyl sites for hydroxylation is 1. The quantitative estimate of drug-likeness (QED) is 0.805. The fourth-order valence-corrected chi connectivity index (χ4v) is 1.41. The Morgan fingerprint density at radius 2 is 2.12 bits per heavy atom. The van der Waals surface area contributed by atoms with Crippen LogP contribution in [0.4, 0.5) is 0 Å². The van der Waals surface area contributed by atoms with E-state index in [1.54, 1.807) is 6.92 Å². The molecule has 86 valence electrons. The molecule has 4 heteroatoms. The van der Waals surface area contributed by atoms with Crippen molar-refractivity contribution in [3.63, 3.8) is 0 Å². The maximum absolute atomic E-state index is 11.6. The van der Waals surface area contributed by atoms with Crippen LogP contribution in [0.1, 0.15) is 24.0 Å². The fraction of sp³-hybridized carbons (Fsp3) is 0.333. The highest BCUT2D eigenvalue weighted by Gasteiger charge is 2.15. The summed E-state index contributed by atoms with van der Waals surface area (Å²) in [5.74, 6) is -1.64. The standard InChI is InChI=1S/C12H15NO3/c1-8-4-3-5-10(6-8)9(2)12(16)13-7-11(14)15/h3-6,9H,7H2,1-2H3,(H,13,16)(H,14,15). The van der Waals surface area contributed by atoms with Gasteiger partial charge in [-0.15, -0.1) is 0 Å². The molecule has 0 aliphatic heterocycles. The summed E-state index contributed by atoms with van der Waals surface area (Å²) >= 11 is 0. The Morgan fingerprint density at radius 1 is 1.44 bits per heavy atom. The molecule has 2 N–H and O–H groups in total. The second-order valence-electron chi connectivity index (χ2n) is 3.75. The lowest BCUT2D eigenvalue weighted by Gasteiger charge is -2.11. The van der Waals surface area contributed by atoms with Gasteiger partial charge in [0.2, 0.25) is 5.91 Å². The van der Waals surface area contributed by atoms with Crippen molar-refractivity contribution in [1.82, 2.24) is 5.32 Å². The zero-order valence-corrected chi connectivity index (χ0v) is 9.36. The van der Waals surface area contributed by atoms with Crippen LogP contribution >= 0.6 is 0 Å². The molecule has 16 heavy (non-hydrogen) atoms. The number of nitrogens with one attached hydrogen (secondary N) is 1. The Morgan fingerprint density at radius 3 is 2.69 bits per heavy atom. The molecule has 0 fully saturated rings. The molecule has 0 saturated carbocycles. The number of carbonyl (C=O) groups is 2. The van der Waals surface area contributed by atoms with Crippen LogP contribution < -0.4 is 5.32 Å². The zero-order valence-electron chi connectivity index (χ0n) is 9.36. The number of carboxylic acids is 1. The lowest BCUT2D eigenvalue weighted by Crippen LogP contribution is -2.32. The Labute approximate surface area is 94.3 Å². The molecule has 0 aliphatic rings. The minimum absolute atomic E-state index is 0.270. The van der Waals surface area contributed by atoms with E-state index in [-0.39, 0.29) is 18.4 Å². The molecule has 1 rings (SSSR count). The van der Waals surface area contributed by atoms with Crippen molar-refractivity contribution in [3.05, 3.63) is 35.4 Å². The molecule has 1 amide bonds. The van der Waals surface area contributed by atoms with Gasteiger partial charge in [-0.25, -0.2) is 0 Å². The third kappa shape index (κ3) is 3.38. The van der Waals surface area contributed by atoms with Crippen molar-refractivity contribution in [2.75, 3.05) is 6.54 Å². The Bertz CT molecular complexity index is 401. The van der Waals surface area contributed by atoms with Gasteiger partial charge in [-0.05, 0) is 19.4 Å². The van der Waals surface area contributed by atoms with Gasteiger partial charge in [0.15, 0.2) is 0 Å². The average Bonchev–Trinajstić information content (AvgIpc) is 2.24. The van der Waals surface area contributed by atoms with Gasteiger partial charge >= 0.3 is 5.97 Å². The summed E-state index contributed by atoms with van der Waals surface area (Å²) in [5, 5.41) is 10.8. The predicted octanol–water partition coefficient (Wildman–Crippen LogP) is 1.30. The first-order valence-electron chi connectivity index (χ1n) is 5.07. The minimum Gasteiger partial charge on any atom is -0.480 e. The van der Waals surface area contributed by atoms with Crippen molar-refractivity contribution < 1.29 is 14.7 Å². The summed E-state index contributed by atoms with van der Waals surface area (Å²) < 4.78 is 0. The highest BCUT2D eigenvalue weighted by Crippen LogP contribution is 2.16. The minimum atomic E-state index is -1.04. The second-order valence-corrected chi connectivity index (χ2v) is 3.75. The van der Waals surface area contributed by atoms with E-state index in [0.29, 0.717) is 0 Å². The highest BCUT2D eigenvalue weighted by atomic mass is 16.4. The molecule has 1 aromatic rings. The first kappa shape index (κ1) is 12.2. The number of hydrogen-bond donors (Lipinski definition) is 2. The van der Waals surface area contributed by atoms with Crippen LogP contribution in [-0.2, 0) is 9.59 Å². The molecule has 0 bridgehead atoms. The van der Waals surface area contributed by atoms with Crippen molar-refractivity contribution in [1.29, 1.82) is 0 Å². The topological polar surface area (TPSA) is 66.4 Å². The van der Waals surface area contributed by atoms with E-state index >= 15 is 0 Å². The number of carboxylic acid groups (broad SMARTS) is 1. The molecular weight excluding hydrogens is 206 g/mol. The summed E-state index contributed by atoms with van der Waals surface area (Å²) in [7, 11) is 0. The normalized spacial score (nSPS) is 11.9. The first-order chi connectivity index (χ1) is 7.50. The molecule has 0 spiro atoms. The van der Waals surface area contributed by atoms with E-state index in [9.17, 15) is 9.59 Å². The van der Waals surface area contributed by atoms with E-state index in [2.05, 4.69) is 5.32 Å². The number of aliphatic carboxylic acids is 1. The lowest BCUT2D eigenvalue weighted by molar-refractivity contribution is -0.138. The maximum Gasteiger partial charge on any atom is 0.322 e. The molecule has 1 aromatic carbocycles. The van der Waals surface area contributed by atoms with Crippen LogP contribution in [0.3, 0.4) is 0 Å². The van der Waals surface area contributed by atoms with Gasteiger partial charge in [0.25, 0.3) is 0 Å². The second kappa shape index (κ2) is 5.30. The van der Waals surface area contributed by atoms with E-state index < -0.39 is 5.97 Å². The van der Waals surface area contributed by atoms with Crippen LogP contribution in [0.25, 0.3) is 0 Å². The number of carbonyl (C=O) groups excluding carboxylic acids is 1. The van der Waals surface area contributed by atoms with E-state index in [4.69, 9.17) is 5.11 Å². The summed E-state index contributed by atoms with van der Waals surface area (Å²) in [6.07, 6.45) is 0. The molecular formula is C12H15NO3. The summed E-state index contributed by atoms with van der Waals surface area (Å²) in [5.41, 5.74) is 1.97. The molecule has 0 saturated heterocycles. The van der Waals surface area contributed by atoms with E-state index in [0.717, 1.165) is 11.1 Å². The largest absolute Gasteiger partial charge is 0.480 e. The Hall–Kier alpha value is -1.84. The monoisotopic (exact) mass is 221 g/mol. The summed E-state index contributed by atoms with van der Waals surface area (Å²) in [6, 6.07) is 7.61. The van der Waals surface area contributed by atoms with Gasteiger partial charge < -0.3 is 10.4 Å². The number of rotatable bonds is 4. The highest BCUT2D eigenvalue weighted by molar-refractivity contribution is 5.86. The van der Waals surface area contributed by atoms with E-state index in [1.165, 1.54) is 0 Å². The van der Waals surface area contributed by atoms with Crippen molar-refractivity contribution >= 4 is 11.9 Å². The Kier molecular flexibility index (Phi) is 4.05. The molecule has 0 radical (unpaired) electrons. The van der Waals surface area contributed by atoms with Gasteiger partial charge in [0.05, 0.1) is 5.92 Å². The van der Waals surface area contributed by atoms with Crippen LogP contribution in [-0.4, -0.2) is 23.5 Å². The Balaban J connectivity index is 2.66. The average molecular weight is 221 g/mol. The smallest absolute Gasteiger partial charge is 0.322 e. The molecule has 0 aliphatic carbocycles. The van der Waals surface area contributed by atoms with Crippen molar-refractivity contribution in [3.8, 4) is 0 Å². The van der Waals surface area contributed by atoms with Crippen molar-refractivity contribution in [2.45, 2.75) is 19.8 Å². The SMILES string of the molecule is Cc1cccc(C(C)C(=O)NCC(=O)O)c1. The van der Waals surface area contributed by atoms with Gasteiger partial charge in [-0.3, -0.25) is 9.59 Å². The van der Waals surface area contributed by atoms with Crippen LogP contribution in [0, 0.1) is 6.92 Å². The van der Waals surface area contributed by atoms with E-state index in [1.807, 2.05) is 31.2 Å². The fourth-order valence-electron chi connectivity index (χ4n) is 1.41. The van der Waals surface area contributed by atoms with Gasteiger partial charge in [0, 0.05) is 0 Å². The van der Waals surface area contributed by atoms with Crippen LogP contribution in [0.5, 0.6) is 0 Å². The maximum atomic E-state index is 11.6. The third-order valence-corrected chi connectivity index (χ3v) is 2.35. The molecule has 1 atom stereocenters. The molecule has 0 aromatic heterocycles.